The molecular formula is C8H7O6P. The van der Waals surface area contributed by atoms with Gasteiger partial charge in [0, 0.05) is 0 Å². The summed E-state index contributed by atoms with van der Waals surface area (Å²) in [6.45, 7) is 0. The van der Waals surface area contributed by atoms with Crippen LogP contribution in [0.3, 0.4) is 0 Å². The summed E-state index contributed by atoms with van der Waals surface area (Å²) in [7, 11) is -3.37. The van der Waals surface area contributed by atoms with Crippen LogP contribution in [0.5, 0.6) is 0 Å². The Morgan fingerprint density at radius 2 is 1.47 bits per heavy atom. The van der Waals surface area contributed by atoms with E-state index in [1.165, 1.54) is 6.07 Å². The lowest BCUT2D eigenvalue weighted by Gasteiger charge is -2.05. The summed E-state index contributed by atoms with van der Waals surface area (Å²) in [5.74, 6) is -2.86. The van der Waals surface area contributed by atoms with E-state index < -0.39 is 36.4 Å². The van der Waals surface area contributed by atoms with Gasteiger partial charge >= 0.3 is 11.9 Å². The highest BCUT2D eigenvalue weighted by molar-refractivity contribution is 7.47. The van der Waals surface area contributed by atoms with E-state index in [9.17, 15) is 14.2 Å². The molecule has 6 nitrogen and oxygen atoms in total. The molecule has 0 saturated heterocycles. The van der Waals surface area contributed by atoms with Crippen molar-refractivity contribution in [2.75, 3.05) is 0 Å². The SMILES string of the molecule is O=C(O)c1cccc(C(=O)O)c1[PH](=O)O. The van der Waals surface area contributed by atoms with Crippen LogP contribution in [0.4, 0.5) is 0 Å². The van der Waals surface area contributed by atoms with Crippen molar-refractivity contribution in [2.45, 2.75) is 0 Å². The van der Waals surface area contributed by atoms with Crippen molar-refractivity contribution in [1.82, 2.24) is 0 Å². The van der Waals surface area contributed by atoms with Crippen molar-refractivity contribution >= 4 is 25.3 Å². The minimum atomic E-state index is -3.37. The molecule has 0 aromatic heterocycles. The first kappa shape index (κ1) is 11.4. The minimum absolute atomic E-state index is 0.457. The summed E-state index contributed by atoms with van der Waals surface area (Å²) in [4.78, 5) is 30.3. The number of carboxylic acid groups (broad SMARTS) is 2. The van der Waals surface area contributed by atoms with Gasteiger partial charge in [-0.15, -0.1) is 0 Å². The van der Waals surface area contributed by atoms with Crippen LogP contribution in [0.2, 0.25) is 0 Å². The van der Waals surface area contributed by atoms with Crippen molar-refractivity contribution in [3.8, 4) is 0 Å². The number of aromatic carboxylic acids is 2. The molecule has 15 heavy (non-hydrogen) atoms. The maximum Gasteiger partial charge on any atom is 0.336 e. The van der Waals surface area contributed by atoms with Crippen LogP contribution < -0.4 is 5.30 Å². The molecule has 1 unspecified atom stereocenters. The number of hydrogen-bond donors (Lipinski definition) is 3. The third kappa shape index (κ3) is 2.23. The summed E-state index contributed by atoms with van der Waals surface area (Å²) in [6, 6.07) is 3.38. The van der Waals surface area contributed by atoms with Crippen LogP contribution in [0.1, 0.15) is 20.7 Å². The van der Waals surface area contributed by atoms with Gasteiger partial charge in [0.1, 0.15) is 0 Å². The van der Waals surface area contributed by atoms with Gasteiger partial charge in [0.25, 0.3) is 0 Å². The van der Waals surface area contributed by atoms with Crippen LogP contribution in [0.25, 0.3) is 0 Å². The maximum atomic E-state index is 10.9. The van der Waals surface area contributed by atoms with E-state index in [0.717, 1.165) is 12.1 Å². The summed E-state index contributed by atoms with van der Waals surface area (Å²) in [5.41, 5.74) is -0.914. The quantitative estimate of drug-likeness (QED) is 0.638. The summed E-state index contributed by atoms with van der Waals surface area (Å²) < 4.78 is 10.9. The Balaban J connectivity index is 3.56. The minimum Gasteiger partial charge on any atom is -0.478 e. The van der Waals surface area contributed by atoms with Gasteiger partial charge in [0.05, 0.1) is 16.4 Å². The molecule has 0 aliphatic heterocycles. The average Bonchev–Trinajstić information content (AvgIpc) is 2.16. The van der Waals surface area contributed by atoms with Crippen molar-refractivity contribution in [3.05, 3.63) is 29.3 Å². The molecule has 3 N–H and O–H groups in total. The van der Waals surface area contributed by atoms with Gasteiger partial charge in [-0.25, -0.2) is 9.59 Å². The molecule has 1 aromatic carbocycles. The third-order valence-corrected chi connectivity index (χ3v) is 2.71. The smallest absolute Gasteiger partial charge is 0.336 e. The second-order valence-electron chi connectivity index (χ2n) is 2.64. The standard InChI is InChI=1S/C8H7O6P/c9-7(10)4-2-1-3-5(8(11)12)6(4)15(13)14/h1-3,15H,(H,9,10)(H,11,12)(H,13,14). The van der Waals surface area contributed by atoms with E-state index in [1.807, 2.05) is 0 Å². The number of benzene rings is 1. The van der Waals surface area contributed by atoms with Crippen molar-refractivity contribution in [2.24, 2.45) is 0 Å². The zero-order valence-electron chi connectivity index (χ0n) is 7.30. The molecular weight excluding hydrogens is 223 g/mol. The first-order valence-electron chi connectivity index (χ1n) is 3.78. The van der Waals surface area contributed by atoms with Crippen LogP contribution in [-0.2, 0) is 4.57 Å². The highest BCUT2D eigenvalue weighted by atomic mass is 31.1. The van der Waals surface area contributed by atoms with Crippen molar-refractivity contribution < 1.29 is 29.3 Å². The lowest BCUT2D eigenvalue weighted by atomic mass is 10.1. The topological polar surface area (TPSA) is 112 Å². The van der Waals surface area contributed by atoms with E-state index in [0.29, 0.717) is 0 Å². The Bertz CT molecular complexity index is 420. The monoisotopic (exact) mass is 230 g/mol. The predicted molar refractivity (Wildman–Crippen MR) is 51.2 cm³/mol. The Kier molecular flexibility index (Phi) is 3.24. The van der Waals surface area contributed by atoms with Gasteiger partial charge in [-0.05, 0) is 12.1 Å². The first-order chi connectivity index (χ1) is 6.95. The molecule has 0 radical (unpaired) electrons. The summed E-state index contributed by atoms with van der Waals surface area (Å²) >= 11 is 0. The fraction of sp³-hybridized carbons (Fsp3) is 0. The van der Waals surface area contributed by atoms with E-state index in [1.54, 1.807) is 0 Å². The molecule has 1 rings (SSSR count). The van der Waals surface area contributed by atoms with Gasteiger partial charge in [-0.2, -0.15) is 0 Å². The molecule has 0 spiro atoms. The second kappa shape index (κ2) is 4.25. The molecule has 0 amide bonds. The number of carboxylic acids is 2. The molecule has 0 saturated carbocycles. The molecule has 0 fully saturated rings. The number of hydrogen-bond acceptors (Lipinski definition) is 3. The Morgan fingerprint density at radius 3 is 1.73 bits per heavy atom. The van der Waals surface area contributed by atoms with Gasteiger partial charge in [-0.3, -0.25) is 4.57 Å². The van der Waals surface area contributed by atoms with Crippen LogP contribution in [-0.4, -0.2) is 27.0 Å². The number of carbonyl (C=O) groups is 2. The van der Waals surface area contributed by atoms with Crippen molar-refractivity contribution in [3.63, 3.8) is 0 Å². The molecule has 80 valence electrons. The maximum absolute atomic E-state index is 10.9. The Hall–Kier alpha value is -1.65. The first-order valence-corrected chi connectivity index (χ1v) is 5.13. The molecule has 1 atom stereocenters. The van der Waals surface area contributed by atoms with E-state index in [2.05, 4.69) is 0 Å². The summed E-state index contributed by atoms with van der Waals surface area (Å²) in [5, 5.41) is 16.9. The molecule has 7 heteroatoms. The molecule has 1 aromatic rings. The average molecular weight is 230 g/mol. The zero-order valence-corrected chi connectivity index (χ0v) is 8.30. The largest absolute Gasteiger partial charge is 0.478 e. The van der Waals surface area contributed by atoms with Gasteiger partial charge < -0.3 is 15.1 Å². The molecule has 0 bridgehead atoms. The van der Waals surface area contributed by atoms with Crippen molar-refractivity contribution in [1.29, 1.82) is 0 Å². The predicted octanol–water partition coefficient (Wildman–Crippen LogP) is 0.175. The van der Waals surface area contributed by atoms with Gasteiger partial charge in [0.15, 0.2) is 0 Å². The van der Waals surface area contributed by atoms with Crippen LogP contribution >= 0.6 is 8.03 Å². The lowest BCUT2D eigenvalue weighted by molar-refractivity contribution is 0.0696. The molecule has 0 aliphatic carbocycles. The van der Waals surface area contributed by atoms with Gasteiger partial charge in [-0.1, -0.05) is 6.07 Å². The highest BCUT2D eigenvalue weighted by Gasteiger charge is 2.21. The lowest BCUT2D eigenvalue weighted by Crippen LogP contribution is -2.19. The van der Waals surface area contributed by atoms with E-state index in [4.69, 9.17) is 15.1 Å². The second-order valence-corrected chi connectivity index (χ2v) is 3.75. The van der Waals surface area contributed by atoms with Crippen LogP contribution in [0, 0.1) is 0 Å². The Morgan fingerprint density at radius 1 is 1.07 bits per heavy atom. The highest BCUT2D eigenvalue weighted by Crippen LogP contribution is 2.19. The van der Waals surface area contributed by atoms with Crippen LogP contribution in [0.15, 0.2) is 18.2 Å². The van der Waals surface area contributed by atoms with Gasteiger partial charge in [0.2, 0.25) is 8.03 Å². The fourth-order valence-corrected chi connectivity index (χ4v) is 1.98. The fourth-order valence-electron chi connectivity index (χ4n) is 1.14. The normalized spacial score (nSPS) is 12.1. The summed E-state index contributed by atoms with van der Waals surface area (Å²) in [6.07, 6.45) is 0. The third-order valence-electron chi connectivity index (χ3n) is 1.74. The zero-order chi connectivity index (χ0) is 11.6. The van der Waals surface area contributed by atoms with E-state index >= 15 is 0 Å². The van der Waals surface area contributed by atoms with E-state index in [-0.39, 0.29) is 0 Å². The molecule has 0 heterocycles. The molecule has 0 aliphatic rings. The number of rotatable bonds is 3. The Labute approximate surface area is 84.7 Å².